The number of H-pyrrole nitrogens is 1. The molecule has 2 nitrogen and oxygen atoms in total. The van der Waals surface area contributed by atoms with Crippen molar-refractivity contribution in [1.29, 1.82) is 0 Å². The van der Waals surface area contributed by atoms with Gasteiger partial charge in [0.1, 0.15) is 0 Å². The van der Waals surface area contributed by atoms with E-state index in [4.69, 9.17) is 5.73 Å². The molecule has 0 saturated carbocycles. The fraction of sp³-hybridized carbons (Fsp3) is 0.556. The van der Waals surface area contributed by atoms with Crippen molar-refractivity contribution in [2.75, 3.05) is 6.54 Å². The Bertz CT molecular complexity index is 199. The van der Waals surface area contributed by atoms with Crippen LogP contribution in [0.15, 0.2) is 18.5 Å². The molecule has 11 heavy (non-hydrogen) atoms. The Morgan fingerprint density at radius 2 is 2.27 bits per heavy atom. The number of aromatic nitrogens is 1. The fourth-order valence-corrected chi connectivity index (χ4v) is 1.09. The van der Waals surface area contributed by atoms with Crippen molar-refractivity contribution in [1.82, 2.24) is 4.98 Å². The molecule has 0 unspecified atom stereocenters. The number of aromatic amines is 1. The maximum absolute atomic E-state index is 5.61. The SMILES string of the molecule is CC(C)(CN)Cc1cc[nH]c1. The van der Waals surface area contributed by atoms with Crippen LogP contribution in [0.3, 0.4) is 0 Å². The summed E-state index contributed by atoms with van der Waals surface area (Å²) in [5.41, 5.74) is 7.17. The van der Waals surface area contributed by atoms with Crippen LogP contribution in [0.25, 0.3) is 0 Å². The van der Waals surface area contributed by atoms with Gasteiger partial charge in [-0.2, -0.15) is 0 Å². The van der Waals surface area contributed by atoms with Crippen LogP contribution in [-0.4, -0.2) is 11.5 Å². The van der Waals surface area contributed by atoms with E-state index in [2.05, 4.69) is 24.9 Å². The molecule has 0 aromatic carbocycles. The van der Waals surface area contributed by atoms with Crippen LogP contribution in [0, 0.1) is 5.41 Å². The first kappa shape index (κ1) is 8.34. The Morgan fingerprint density at radius 3 is 2.73 bits per heavy atom. The predicted octanol–water partition coefficient (Wildman–Crippen LogP) is 1.54. The van der Waals surface area contributed by atoms with Crippen molar-refractivity contribution in [2.45, 2.75) is 20.3 Å². The Balaban J connectivity index is 2.56. The Hall–Kier alpha value is -0.760. The number of nitrogens with two attached hydrogens (primary N) is 1. The summed E-state index contributed by atoms with van der Waals surface area (Å²) in [5.74, 6) is 0. The van der Waals surface area contributed by atoms with Crippen molar-refractivity contribution in [2.24, 2.45) is 11.1 Å². The smallest absolute Gasteiger partial charge is 0.00375 e. The lowest BCUT2D eigenvalue weighted by molar-refractivity contribution is 0.377. The molecular weight excluding hydrogens is 136 g/mol. The molecule has 0 saturated heterocycles. The highest BCUT2D eigenvalue weighted by Crippen LogP contribution is 2.19. The lowest BCUT2D eigenvalue weighted by Crippen LogP contribution is -2.25. The van der Waals surface area contributed by atoms with Crippen molar-refractivity contribution in [3.63, 3.8) is 0 Å². The van der Waals surface area contributed by atoms with Crippen molar-refractivity contribution >= 4 is 0 Å². The second kappa shape index (κ2) is 3.09. The van der Waals surface area contributed by atoms with Crippen molar-refractivity contribution in [3.05, 3.63) is 24.0 Å². The molecule has 2 heteroatoms. The minimum absolute atomic E-state index is 0.224. The summed E-state index contributed by atoms with van der Waals surface area (Å²) in [6.45, 7) is 5.10. The highest BCUT2D eigenvalue weighted by Gasteiger charge is 2.15. The van der Waals surface area contributed by atoms with Gasteiger partial charge in [-0.1, -0.05) is 13.8 Å². The van der Waals surface area contributed by atoms with Gasteiger partial charge >= 0.3 is 0 Å². The molecule has 1 heterocycles. The third kappa shape index (κ3) is 2.39. The van der Waals surface area contributed by atoms with E-state index in [0.717, 1.165) is 13.0 Å². The topological polar surface area (TPSA) is 41.8 Å². The molecule has 0 amide bonds. The van der Waals surface area contributed by atoms with E-state index in [-0.39, 0.29) is 5.41 Å². The molecule has 0 spiro atoms. The largest absolute Gasteiger partial charge is 0.367 e. The van der Waals surface area contributed by atoms with E-state index >= 15 is 0 Å². The maximum Gasteiger partial charge on any atom is 0.00375 e. The summed E-state index contributed by atoms with van der Waals surface area (Å²) in [6.07, 6.45) is 5.02. The third-order valence-electron chi connectivity index (χ3n) is 1.90. The van der Waals surface area contributed by atoms with Crippen LogP contribution in [0.5, 0.6) is 0 Å². The zero-order chi connectivity index (χ0) is 8.32. The summed E-state index contributed by atoms with van der Waals surface area (Å²) in [7, 11) is 0. The van der Waals surface area contributed by atoms with Crippen LogP contribution in [0.1, 0.15) is 19.4 Å². The monoisotopic (exact) mass is 152 g/mol. The zero-order valence-corrected chi connectivity index (χ0v) is 7.22. The molecule has 3 N–H and O–H groups in total. The van der Waals surface area contributed by atoms with Gasteiger partial charge in [0.25, 0.3) is 0 Å². The van der Waals surface area contributed by atoms with Gasteiger partial charge in [0, 0.05) is 12.4 Å². The van der Waals surface area contributed by atoms with Gasteiger partial charge in [-0.05, 0) is 30.0 Å². The quantitative estimate of drug-likeness (QED) is 0.677. The van der Waals surface area contributed by atoms with E-state index in [9.17, 15) is 0 Å². The molecule has 0 bridgehead atoms. The third-order valence-corrected chi connectivity index (χ3v) is 1.90. The van der Waals surface area contributed by atoms with Crippen LogP contribution in [0.4, 0.5) is 0 Å². The molecule has 0 fully saturated rings. The molecule has 0 atom stereocenters. The first-order chi connectivity index (χ1) is 5.14. The summed E-state index contributed by atoms with van der Waals surface area (Å²) in [4.78, 5) is 3.04. The first-order valence-corrected chi connectivity index (χ1v) is 3.96. The summed E-state index contributed by atoms with van der Waals surface area (Å²) < 4.78 is 0. The Morgan fingerprint density at radius 1 is 1.55 bits per heavy atom. The minimum atomic E-state index is 0.224. The van der Waals surface area contributed by atoms with E-state index in [1.54, 1.807) is 0 Å². The highest BCUT2D eigenvalue weighted by atomic mass is 14.6. The maximum atomic E-state index is 5.61. The highest BCUT2D eigenvalue weighted by molar-refractivity contribution is 5.10. The molecule has 1 aromatic heterocycles. The van der Waals surface area contributed by atoms with Crippen LogP contribution in [0.2, 0.25) is 0 Å². The van der Waals surface area contributed by atoms with Gasteiger partial charge in [-0.25, -0.2) is 0 Å². The van der Waals surface area contributed by atoms with Gasteiger partial charge in [-0.15, -0.1) is 0 Å². The Labute approximate surface area is 67.8 Å². The average Bonchev–Trinajstić information content (AvgIpc) is 2.39. The predicted molar refractivity (Wildman–Crippen MR) is 47.3 cm³/mol. The van der Waals surface area contributed by atoms with E-state index < -0.39 is 0 Å². The fourth-order valence-electron chi connectivity index (χ4n) is 1.09. The first-order valence-electron chi connectivity index (χ1n) is 3.96. The summed E-state index contributed by atoms with van der Waals surface area (Å²) >= 11 is 0. The van der Waals surface area contributed by atoms with Gasteiger partial charge in [0.15, 0.2) is 0 Å². The Kier molecular flexibility index (Phi) is 2.35. The zero-order valence-electron chi connectivity index (χ0n) is 7.22. The normalized spacial score (nSPS) is 11.9. The molecule has 1 aromatic rings. The average molecular weight is 152 g/mol. The van der Waals surface area contributed by atoms with Crippen molar-refractivity contribution < 1.29 is 0 Å². The molecular formula is C9H16N2. The van der Waals surface area contributed by atoms with Crippen LogP contribution >= 0.6 is 0 Å². The van der Waals surface area contributed by atoms with Crippen LogP contribution < -0.4 is 5.73 Å². The van der Waals surface area contributed by atoms with Crippen LogP contribution in [-0.2, 0) is 6.42 Å². The summed E-state index contributed by atoms with van der Waals surface area (Å²) in [5, 5.41) is 0. The molecule has 0 aliphatic rings. The van der Waals surface area contributed by atoms with Gasteiger partial charge in [0.2, 0.25) is 0 Å². The second-order valence-electron chi connectivity index (χ2n) is 3.76. The number of hydrogen-bond donors (Lipinski definition) is 2. The lowest BCUT2D eigenvalue weighted by Gasteiger charge is -2.21. The standard InChI is InChI=1S/C9H16N2/c1-9(2,7-10)5-8-3-4-11-6-8/h3-4,6,11H,5,7,10H2,1-2H3. The minimum Gasteiger partial charge on any atom is -0.367 e. The second-order valence-corrected chi connectivity index (χ2v) is 3.76. The summed E-state index contributed by atoms with van der Waals surface area (Å²) in [6, 6.07) is 2.09. The van der Waals surface area contributed by atoms with E-state index in [1.165, 1.54) is 5.56 Å². The van der Waals surface area contributed by atoms with Gasteiger partial charge < -0.3 is 10.7 Å². The molecule has 0 aliphatic carbocycles. The van der Waals surface area contributed by atoms with Gasteiger partial charge in [-0.3, -0.25) is 0 Å². The number of hydrogen-bond acceptors (Lipinski definition) is 1. The lowest BCUT2D eigenvalue weighted by atomic mass is 9.87. The van der Waals surface area contributed by atoms with E-state index in [1.807, 2.05) is 12.4 Å². The van der Waals surface area contributed by atoms with E-state index in [0.29, 0.717) is 0 Å². The molecule has 62 valence electrons. The molecule has 0 radical (unpaired) electrons. The number of nitrogens with one attached hydrogen (secondary N) is 1. The van der Waals surface area contributed by atoms with Crippen molar-refractivity contribution in [3.8, 4) is 0 Å². The molecule has 1 rings (SSSR count). The van der Waals surface area contributed by atoms with Gasteiger partial charge in [0.05, 0.1) is 0 Å². The molecule has 0 aliphatic heterocycles. The number of rotatable bonds is 3.